The van der Waals surface area contributed by atoms with E-state index in [1.54, 1.807) is 6.20 Å². The number of benzene rings is 1. The normalized spacial score (nSPS) is 15.1. The number of rotatable bonds is 4. The van der Waals surface area contributed by atoms with E-state index in [0.29, 0.717) is 18.8 Å². The number of para-hydroxylation sites is 1. The number of amides is 1. The summed E-state index contributed by atoms with van der Waals surface area (Å²) in [6.45, 7) is 3.75. The number of fused-ring (bicyclic) bond motifs is 1. The molecule has 146 valence electrons. The van der Waals surface area contributed by atoms with Crippen molar-refractivity contribution in [1.82, 2.24) is 34.2 Å². The van der Waals surface area contributed by atoms with E-state index in [4.69, 9.17) is 0 Å². The molecule has 0 radical (unpaired) electrons. The molecule has 0 bridgehead atoms. The van der Waals surface area contributed by atoms with Crippen LogP contribution >= 0.6 is 0 Å². The van der Waals surface area contributed by atoms with E-state index in [-0.39, 0.29) is 5.91 Å². The molecule has 3 aromatic heterocycles. The van der Waals surface area contributed by atoms with Gasteiger partial charge in [0.15, 0.2) is 5.69 Å². The highest BCUT2D eigenvalue weighted by atomic mass is 16.2. The van der Waals surface area contributed by atoms with Crippen LogP contribution < -0.4 is 0 Å². The first-order chi connectivity index (χ1) is 14.3. The Morgan fingerprint density at radius 2 is 1.76 bits per heavy atom. The van der Waals surface area contributed by atoms with Crippen LogP contribution in [0.3, 0.4) is 0 Å². The number of hydrogen-bond acceptors (Lipinski definition) is 5. The second-order valence-corrected chi connectivity index (χ2v) is 7.12. The molecule has 0 unspecified atom stereocenters. The number of aromatic nitrogens is 5. The first-order valence-corrected chi connectivity index (χ1v) is 9.68. The number of pyridine rings is 1. The van der Waals surface area contributed by atoms with Gasteiger partial charge in [-0.1, -0.05) is 24.3 Å². The zero-order valence-corrected chi connectivity index (χ0v) is 15.9. The summed E-state index contributed by atoms with van der Waals surface area (Å²) in [5.41, 5.74) is 3.21. The van der Waals surface area contributed by atoms with E-state index in [0.717, 1.165) is 36.7 Å². The highest BCUT2D eigenvalue weighted by Gasteiger charge is 2.24. The molecular weight excluding hydrogens is 366 g/mol. The third-order valence-corrected chi connectivity index (χ3v) is 5.16. The zero-order chi connectivity index (χ0) is 19.6. The lowest BCUT2D eigenvalue weighted by molar-refractivity contribution is 0.0621. The third-order valence-electron chi connectivity index (χ3n) is 5.16. The van der Waals surface area contributed by atoms with E-state index in [9.17, 15) is 4.79 Å². The fourth-order valence-corrected chi connectivity index (χ4v) is 3.61. The van der Waals surface area contributed by atoms with Crippen LogP contribution in [0.1, 0.15) is 16.2 Å². The van der Waals surface area contributed by atoms with Crippen molar-refractivity contribution in [2.24, 2.45) is 0 Å². The molecule has 0 aliphatic carbocycles. The van der Waals surface area contributed by atoms with Crippen LogP contribution in [0.25, 0.3) is 11.3 Å². The summed E-state index contributed by atoms with van der Waals surface area (Å²) in [6.07, 6.45) is 5.61. The fraction of sp³-hybridized carbons (Fsp3) is 0.238. The van der Waals surface area contributed by atoms with E-state index in [2.05, 4.69) is 26.3 Å². The largest absolute Gasteiger partial charge is 0.335 e. The highest BCUT2D eigenvalue weighted by Crippen LogP contribution is 2.12. The first-order valence-electron chi connectivity index (χ1n) is 9.68. The molecular formula is C21H21N7O. The molecule has 0 spiro atoms. The summed E-state index contributed by atoms with van der Waals surface area (Å²) >= 11 is 0. The van der Waals surface area contributed by atoms with Gasteiger partial charge in [-0.25, -0.2) is 4.98 Å². The quantitative estimate of drug-likeness (QED) is 0.535. The van der Waals surface area contributed by atoms with Gasteiger partial charge >= 0.3 is 0 Å². The van der Waals surface area contributed by atoms with Crippen molar-refractivity contribution in [2.75, 3.05) is 26.2 Å². The molecule has 0 saturated carbocycles. The van der Waals surface area contributed by atoms with Crippen LogP contribution in [-0.2, 0) is 6.54 Å². The maximum absolute atomic E-state index is 12.8. The predicted octanol–water partition coefficient (Wildman–Crippen LogP) is 1.87. The lowest BCUT2D eigenvalue weighted by Crippen LogP contribution is -2.48. The van der Waals surface area contributed by atoms with Crippen molar-refractivity contribution >= 4 is 11.6 Å². The number of piperazine rings is 1. The molecule has 0 atom stereocenters. The Bertz CT molecular complexity index is 1090. The van der Waals surface area contributed by atoms with Gasteiger partial charge in [-0.3, -0.25) is 9.69 Å². The van der Waals surface area contributed by atoms with Gasteiger partial charge in [-0.05, 0) is 24.3 Å². The Kier molecular flexibility index (Phi) is 4.53. The number of imidazole rings is 1. The molecule has 1 saturated heterocycles. The van der Waals surface area contributed by atoms with Crippen LogP contribution in [0.2, 0.25) is 0 Å². The third kappa shape index (κ3) is 3.62. The minimum atomic E-state index is -0.0699. The second kappa shape index (κ2) is 7.48. The summed E-state index contributed by atoms with van der Waals surface area (Å²) in [5.74, 6) is -0.0699. The van der Waals surface area contributed by atoms with E-state index in [1.165, 1.54) is 4.80 Å². The Balaban J connectivity index is 1.20. The molecule has 5 rings (SSSR count). The van der Waals surface area contributed by atoms with Crippen molar-refractivity contribution in [3.05, 3.63) is 78.5 Å². The van der Waals surface area contributed by atoms with Crippen molar-refractivity contribution in [1.29, 1.82) is 0 Å². The molecule has 29 heavy (non-hydrogen) atoms. The summed E-state index contributed by atoms with van der Waals surface area (Å²) in [6, 6.07) is 15.6. The molecule has 1 amide bonds. The van der Waals surface area contributed by atoms with Gasteiger partial charge in [0.05, 0.1) is 17.6 Å². The Hall–Kier alpha value is -3.52. The standard InChI is InChI=1S/C21H21N7O/c29-21(19-14-22-28(24-19)18-6-2-1-3-7-18)26-12-10-25(11-13-26)15-17-16-27-9-5-4-8-20(27)23-17/h1-9,14,16H,10-13,15H2. The molecule has 0 N–H and O–H groups in total. The van der Waals surface area contributed by atoms with Crippen LogP contribution in [-0.4, -0.2) is 66.3 Å². The fourth-order valence-electron chi connectivity index (χ4n) is 3.61. The number of hydrogen-bond donors (Lipinski definition) is 0. The monoisotopic (exact) mass is 387 g/mol. The molecule has 8 heteroatoms. The summed E-state index contributed by atoms with van der Waals surface area (Å²) in [5, 5.41) is 8.59. The van der Waals surface area contributed by atoms with Crippen molar-refractivity contribution in [3.63, 3.8) is 0 Å². The number of carbonyl (C=O) groups is 1. The molecule has 1 aliphatic heterocycles. The average Bonchev–Trinajstić information content (AvgIpc) is 3.41. The summed E-state index contributed by atoms with van der Waals surface area (Å²) in [4.78, 5) is 23.1. The number of carbonyl (C=O) groups excluding carboxylic acids is 1. The lowest BCUT2D eigenvalue weighted by atomic mass is 10.2. The van der Waals surface area contributed by atoms with Gasteiger partial charge in [0.25, 0.3) is 5.91 Å². The van der Waals surface area contributed by atoms with E-state index in [1.807, 2.05) is 64.0 Å². The summed E-state index contributed by atoms with van der Waals surface area (Å²) < 4.78 is 2.03. The predicted molar refractivity (Wildman–Crippen MR) is 108 cm³/mol. The summed E-state index contributed by atoms with van der Waals surface area (Å²) in [7, 11) is 0. The Morgan fingerprint density at radius 1 is 0.966 bits per heavy atom. The van der Waals surface area contributed by atoms with Gasteiger partial charge in [0, 0.05) is 45.1 Å². The van der Waals surface area contributed by atoms with Gasteiger partial charge in [0.2, 0.25) is 0 Å². The average molecular weight is 387 g/mol. The molecule has 8 nitrogen and oxygen atoms in total. The molecule has 1 aliphatic rings. The highest BCUT2D eigenvalue weighted by molar-refractivity contribution is 5.92. The van der Waals surface area contributed by atoms with Crippen LogP contribution in [0, 0.1) is 0 Å². The molecule has 1 fully saturated rings. The van der Waals surface area contributed by atoms with Crippen molar-refractivity contribution in [2.45, 2.75) is 6.54 Å². The maximum atomic E-state index is 12.8. The van der Waals surface area contributed by atoms with E-state index >= 15 is 0 Å². The van der Waals surface area contributed by atoms with Gasteiger partial charge in [-0.15, -0.1) is 5.10 Å². The van der Waals surface area contributed by atoms with Gasteiger partial charge in [0.1, 0.15) is 5.65 Å². The lowest BCUT2D eigenvalue weighted by Gasteiger charge is -2.33. The van der Waals surface area contributed by atoms with E-state index < -0.39 is 0 Å². The molecule has 1 aromatic carbocycles. The van der Waals surface area contributed by atoms with Gasteiger partial charge < -0.3 is 9.30 Å². The maximum Gasteiger partial charge on any atom is 0.276 e. The Morgan fingerprint density at radius 3 is 2.55 bits per heavy atom. The Labute approximate surface area is 168 Å². The minimum Gasteiger partial charge on any atom is -0.335 e. The van der Waals surface area contributed by atoms with Crippen molar-refractivity contribution in [3.8, 4) is 5.69 Å². The van der Waals surface area contributed by atoms with Crippen molar-refractivity contribution < 1.29 is 4.79 Å². The number of nitrogens with zero attached hydrogens (tertiary/aromatic N) is 7. The first kappa shape index (κ1) is 17.6. The van der Waals surface area contributed by atoms with Crippen LogP contribution in [0.15, 0.2) is 67.1 Å². The van der Waals surface area contributed by atoms with Crippen LogP contribution in [0.5, 0.6) is 0 Å². The van der Waals surface area contributed by atoms with Crippen LogP contribution in [0.4, 0.5) is 0 Å². The minimum absolute atomic E-state index is 0.0699. The van der Waals surface area contributed by atoms with Gasteiger partial charge in [-0.2, -0.15) is 9.90 Å². The zero-order valence-electron chi connectivity index (χ0n) is 15.9. The SMILES string of the molecule is O=C(c1cnn(-c2ccccc2)n1)N1CCN(Cc2cn3ccccc3n2)CC1. The topological polar surface area (TPSA) is 71.6 Å². The molecule has 4 heterocycles. The second-order valence-electron chi connectivity index (χ2n) is 7.12. The molecule has 4 aromatic rings. The smallest absolute Gasteiger partial charge is 0.276 e.